The first kappa shape index (κ1) is 15.3. The molecular formula is C14H8ClF4NO. The highest BCUT2D eigenvalue weighted by atomic mass is 35.5. The monoisotopic (exact) mass is 317 g/mol. The van der Waals surface area contributed by atoms with Crippen LogP contribution < -0.4 is 5.32 Å². The minimum atomic E-state index is -4.63. The number of nitrogens with one attached hydrogen (secondary N) is 1. The molecule has 0 aliphatic heterocycles. The number of carbonyl (C=O) groups is 1. The van der Waals surface area contributed by atoms with Crippen LogP contribution in [0.4, 0.5) is 23.2 Å². The summed E-state index contributed by atoms with van der Waals surface area (Å²) in [6, 6.07) is 7.79. The predicted molar refractivity (Wildman–Crippen MR) is 70.8 cm³/mol. The van der Waals surface area contributed by atoms with Gasteiger partial charge in [0, 0.05) is 11.3 Å². The number of benzene rings is 2. The molecule has 0 spiro atoms. The summed E-state index contributed by atoms with van der Waals surface area (Å²) in [5.74, 6) is -1.33. The highest BCUT2D eigenvalue weighted by molar-refractivity contribution is 6.31. The number of alkyl halides is 3. The summed E-state index contributed by atoms with van der Waals surface area (Å²) < 4.78 is 51.1. The van der Waals surface area contributed by atoms with Crippen molar-refractivity contribution in [3.8, 4) is 0 Å². The van der Waals surface area contributed by atoms with Gasteiger partial charge in [-0.25, -0.2) is 4.39 Å². The maximum Gasteiger partial charge on any atom is 0.417 e. The smallest absolute Gasteiger partial charge is 0.322 e. The molecule has 0 aromatic heterocycles. The van der Waals surface area contributed by atoms with Crippen LogP contribution in [0.15, 0.2) is 42.5 Å². The third-order valence-corrected chi connectivity index (χ3v) is 2.95. The molecule has 0 heterocycles. The molecule has 1 N–H and O–H groups in total. The van der Waals surface area contributed by atoms with Crippen molar-refractivity contribution < 1.29 is 22.4 Å². The molecule has 0 aliphatic rings. The number of rotatable bonds is 2. The van der Waals surface area contributed by atoms with Gasteiger partial charge in [-0.3, -0.25) is 4.79 Å². The first-order chi connectivity index (χ1) is 9.77. The molecule has 0 unspecified atom stereocenters. The van der Waals surface area contributed by atoms with Crippen molar-refractivity contribution in [2.75, 3.05) is 5.32 Å². The molecule has 2 aromatic carbocycles. The lowest BCUT2D eigenvalue weighted by atomic mass is 10.1. The summed E-state index contributed by atoms with van der Waals surface area (Å²) in [7, 11) is 0. The summed E-state index contributed by atoms with van der Waals surface area (Å²) in [6.07, 6.45) is -4.63. The summed E-state index contributed by atoms with van der Waals surface area (Å²) in [6.45, 7) is 0. The van der Waals surface area contributed by atoms with E-state index in [2.05, 4.69) is 5.32 Å². The lowest BCUT2D eigenvalue weighted by Crippen LogP contribution is -2.13. The van der Waals surface area contributed by atoms with E-state index in [-0.39, 0.29) is 11.3 Å². The zero-order chi connectivity index (χ0) is 15.6. The molecule has 0 radical (unpaired) electrons. The van der Waals surface area contributed by atoms with Crippen molar-refractivity contribution >= 4 is 23.2 Å². The van der Waals surface area contributed by atoms with Crippen LogP contribution in [0.5, 0.6) is 0 Å². The molecule has 0 saturated carbocycles. The maximum atomic E-state index is 13.0. The molecule has 110 valence electrons. The van der Waals surface area contributed by atoms with Gasteiger partial charge >= 0.3 is 6.18 Å². The second kappa shape index (κ2) is 5.73. The average molecular weight is 318 g/mol. The Labute approximate surface area is 122 Å². The van der Waals surface area contributed by atoms with Gasteiger partial charge in [0.25, 0.3) is 5.91 Å². The summed E-state index contributed by atoms with van der Waals surface area (Å²) in [5.41, 5.74) is -1.14. The fourth-order valence-electron chi connectivity index (χ4n) is 1.65. The molecule has 0 bridgehead atoms. The van der Waals surface area contributed by atoms with E-state index in [1.165, 1.54) is 18.2 Å². The van der Waals surface area contributed by atoms with Crippen molar-refractivity contribution in [2.45, 2.75) is 6.18 Å². The van der Waals surface area contributed by atoms with Gasteiger partial charge in [-0.1, -0.05) is 17.7 Å². The molecular weight excluding hydrogens is 310 g/mol. The predicted octanol–water partition coefficient (Wildman–Crippen LogP) is 4.75. The summed E-state index contributed by atoms with van der Waals surface area (Å²) in [4.78, 5) is 11.8. The molecule has 0 atom stereocenters. The first-order valence-corrected chi connectivity index (χ1v) is 6.09. The second-order valence-corrected chi connectivity index (χ2v) is 4.56. The number of hydrogen-bond donors (Lipinski definition) is 1. The van der Waals surface area contributed by atoms with E-state index in [4.69, 9.17) is 11.6 Å². The van der Waals surface area contributed by atoms with Crippen molar-refractivity contribution in [1.29, 1.82) is 0 Å². The fraction of sp³-hybridized carbons (Fsp3) is 0.0714. The highest BCUT2D eigenvalue weighted by Crippen LogP contribution is 2.36. The number of amides is 1. The fourth-order valence-corrected chi connectivity index (χ4v) is 1.88. The normalized spacial score (nSPS) is 11.3. The zero-order valence-corrected chi connectivity index (χ0v) is 11.1. The van der Waals surface area contributed by atoms with Crippen LogP contribution in [-0.4, -0.2) is 5.91 Å². The van der Waals surface area contributed by atoms with E-state index in [9.17, 15) is 22.4 Å². The van der Waals surface area contributed by atoms with E-state index in [0.29, 0.717) is 0 Å². The quantitative estimate of drug-likeness (QED) is 0.796. The minimum Gasteiger partial charge on any atom is -0.322 e. The Kier molecular flexibility index (Phi) is 4.18. The Bertz CT molecular complexity index is 685. The Balaban J connectivity index is 2.26. The van der Waals surface area contributed by atoms with Crippen molar-refractivity contribution in [2.24, 2.45) is 0 Å². The Morgan fingerprint density at radius 1 is 1.10 bits per heavy atom. The van der Waals surface area contributed by atoms with Gasteiger partial charge in [0.05, 0.1) is 10.6 Å². The minimum absolute atomic E-state index is 0.00138. The molecule has 2 aromatic rings. The highest BCUT2D eigenvalue weighted by Gasteiger charge is 2.33. The van der Waals surface area contributed by atoms with Crippen LogP contribution in [-0.2, 0) is 6.18 Å². The number of halogens is 5. The molecule has 7 heteroatoms. The average Bonchev–Trinajstić information content (AvgIpc) is 2.39. The van der Waals surface area contributed by atoms with Crippen molar-refractivity contribution in [1.82, 2.24) is 0 Å². The lowest BCUT2D eigenvalue weighted by Gasteiger charge is -2.11. The van der Waals surface area contributed by atoms with E-state index < -0.39 is 28.5 Å². The molecule has 0 fully saturated rings. The lowest BCUT2D eigenvalue weighted by molar-refractivity contribution is -0.137. The van der Waals surface area contributed by atoms with Gasteiger partial charge in [-0.2, -0.15) is 13.2 Å². The first-order valence-electron chi connectivity index (χ1n) is 5.71. The van der Waals surface area contributed by atoms with E-state index >= 15 is 0 Å². The second-order valence-electron chi connectivity index (χ2n) is 4.16. The topological polar surface area (TPSA) is 29.1 Å². The van der Waals surface area contributed by atoms with Gasteiger partial charge in [0.15, 0.2) is 0 Å². The van der Waals surface area contributed by atoms with Gasteiger partial charge in [0.1, 0.15) is 5.82 Å². The Morgan fingerprint density at radius 2 is 1.81 bits per heavy atom. The standard InChI is InChI=1S/C14H8ClF4NO/c15-12-5-4-10(7-11(12)14(17,18)19)20-13(21)8-2-1-3-9(16)6-8/h1-7H,(H,20,21). The van der Waals surface area contributed by atoms with Crippen LogP contribution >= 0.6 is 11.6 Å². The van der Waals surface area contributed by atoms with E-state index in [1.807, 2.05) is 0 Å². The number of anilines is 1. The van der Waals surface area contributed by atoms with Gasteiger partial charge in [0.2, 0.25) is 0 Å². The zero-order valence-electron chi connectivity index (χ0n) is 10.3. The van der Waals surface area contributed by atoms with E-state index in [1.54, 1.807) is 0 Å². The maximum absolute atomic E-state index is 13.0. The van der Waals surface area contributed by atoms with Crippen LogP contribution in [0.1, 0.15) is 15.9 Å². The molecule has 0 aliphatic carbocycles. The summed E-state index contributed by atoms with van der Waals surface area (Å²) in [5, 5.41) is 1.79. The molecule has 2 nitrogen and oxygen atoms in total. The largest absolute Gasteiger partial charge is 0.417 e. The van der Waals surface area contributed by atoms with Crippen LogP contribution in [0.25, 0.3) is 0 Å². The SMILES string of the molecule is O=C(Nc1ccc(Cl)c(C(F)(F)F)c1)c1cccc(F)c1. The van der Waals surface area contributed by atoms with E-state index in [0.717, 1.165) is 24.3 Å². The number of carbonyl (C=O) groups excluding carboxylic acids is 1. The Hall–Kier alpha value is -2.08. The van der Waals surface area contributed by atoms with Crippen LogP contribution in [0, 0.1) is 5.82 Å². The molecule has 2 rings (SSSR count). The van der Waals surface area contributed by atoms with Gasteiger partial charge in [-0.15, -0.1) is 0 Å². The van der Waals surface area contributed by atoms with Crippen molar-refractivity contribution in [3.05, 3.63) is 64.4 Å². The third-order valence-electron chi connectivity index (χ3n) is 2.62. The van der Waals surface area contributed by atoms with Crippen molar-refractivity contribution in [3.63, 3.8) is 0 Å². The van der Waals surface area contributed by atoms with Crippen LogP contribution in [0.2, 0.25) is 5.02 Å². The molecule has 0 saturated heterocycles. The summed E-state index contributed by atoms with van der Waals surface area (Å²) >= 11 is 5.47. The Morgan fingerprint density at radius 3 is 2.43 bits per heavy atom. The third kappa shape index (κ3) is 3.72. The molecule has 21 heavy (non-hydrogen) atoms. The van der Waals surface area contributed by atoms with Gasteiger partial charge < -0.3 is 5.32 Å². The molecule has 1 amide bonds. The van der Waals surface area contributed by atoms with Gasteiger partial charge in [-0.05, 0) is 36.4 Å². The van der Waals surface area contributed by atoms with Crippen LogP contribution in [0.3, 0.4) is 0 Å². The number of hydrogen-bond acceptors (Lipinski definition) is 1.